The molecule has 0 aliphatic heterocycles. The van der Waals surface area contributed by atoms with E-state index in [2.05, 4.69) is 25.6 Å². The van der Waals surface area contributed by atoms with Crippen molar-refractivity contribution >= 4 is 34.0 Å². The Balaban J connectivity index is 1.70. The maximum Gasteiger partial charge on any atom is 0.416 e. The van der Waals surface area contributed by atoms with Gasteiger partial charge in [-0.2, -0.15) is 13.2 Å². The lowest BCUT2D eigenvalue weighted by Gasteiger charge is -2.09. The smallest absolute Gasteiger partial charge is 0.321 e. The molecule has 0 bridgehead atoms. The number of hydrogen-bond acceptors (Lipinski definition) is 6. The Bertz CT molecular complexity index is 882. The van der Waals surface area contributed by atoms with E-state index in [1.54, 1.807) is 18.5 Å². The van der Waals surface area contributed by atoms with Gasteiger partial charge in [-0.05, 0) is 24.3 Å². The number of carbonyl (C=O) groups is 1. The molecule has 6 nitrogen and oxygen atoms in total. The van der Waals surface area contributed by atoms with Crippen LogP contribution in [-0.2, 0) is 6.18 Å². The van der Waals surface area contributed by atoms with E-state index >= 15 is 0 Å². The van der Waals surface area contributed by atoms with Crippen molar-refractivity contribution in [1.82, 2.24) is 15.0 Å². The van der Waals surface area contributed by atoms with Gasteiger partial charge in [-0.25, -0.2) is 15.0 Å². The quantitative estimate of drug-likeness (QED) is 0.732. The Morgan fingerprint density at radius 1 is 1.12 bits per heavy atom. The summed E-state index contributed by atoms with van der Waals surface area (Å²) >= 11 is 1.15. The molecule has 0 unspecified atom stereocenters. The zero-order valence-corrected chi connectivity index (χ0v) is 13.2. The second kappa shape index (κ2) is 6.85. The van der Waals surface area contributed by atoms with Gasteiger partial charge in [-0.1, -0.05) is 6.07 Å². The molecule has 0 atom stereocenters. The molecule has 0 saturated heterocycles. The van der Waals surface area contributed by atoms with Crippen LogP contribution in [0, 0.1) is 0 Å². The fourth-order valence-electron chi connectivity index (χ4n) is 1.86. The van der Waals surface area contributed by atoms with Gasteiger partial charge in [0.25, 0.3) is 5.91 Å². The molecular weight excluding hydrogens is 355 g/mol. The van der Waals surface area contributed by atoms with Gasteiger partial charge in [0.05, 0.1) is 5.56 Å². The molecule has 2 aromatic heterocycles. The van der Waals surface area contributed by atoms with Crippen molar-refractivity contribution < 1.29 is 18.0 Å². The van der Waals surface area contributed by atoms with E-state index in [0.717, 1.165) is 23.5 Å². The summed E-state index contributed by atoms with van der Waals surface area (Å²) in [4.78, 5) is 24.1. The Morgan fingerprint density at radius 3 is 2.60 bits per heavy atom. The van der Waals surface area contributed by atoms with Crippen molar-refractivity contribution in [3.63, 3.8) is 0 Å². The zero-order chi connectivity index (χ0) is 17.9. The average molecular weight is 365 g/mol. The van der Waals surface area contributed by atoms with Crippen molar-refractivity contribution in [2.24, 2.45) is 0 Å². The molecule has 128 valence electrons. The number of rotatable bonds is 4. The van der Waals surface area contributed by atoms with E-state index in [0.29, 0.717) is 11.1 Å². The predicted octanol–water partition coefficient (Wildman–Crippen LogP) is 3.95. The van der Waals surface area contributed by atoms with Crippen LogP contribution in [0.3, 0.4) is 0 Å². The molecule has 0 fully saturated rings. The van der Waals surface area contributed by atoms with Crippen LogP contribution in [0.25, 0.3) is 0 Å². The van der Waals surface area contributed by atoms with Gasteiger partial charge in [0.2, 0.25) is 5.95 Å². The molecule has 0 spiro atoms. The summed E-state index contributed by atoms with van der Waals surface area (Å²) < 4.78 is 38.1. The SMILES string of the molecule is O=C(Nc1cccc(C(F)(F)F)c1)c1csc(Nc2ncccn2)n1. The van der Waals surface area contributed by atoms with E-state index in [1.807, 2.05) is 0 Å². The first kappa shape index (κ1) is 16.8. The molecule has 0 radical (unpaired) electrons. The maximum absolute atomic E-state index is 12.7. The summed E-state index contributed by atoms with van der Waals surface area (Å²) in [6.07, 6.45) is -1.39. The molecule has 0 aliphatic carbocycles. The number of thiazole rings is 1. The van der Waals surface area contributed by atoms with Gasteiger partial charge in [-0.3, -0.25) is 4.79 Å². The van der Waals surface area contributed by atoms with Crippen LogP contribution in [0.15, 0.2) is 48.1 Å². The number of anilines is 3. The van der Waals surface area contributed by atoms with Crippen LogP contribution in [0.2, 0.25) is 0 Å². The summed E-state index contributed by atoms with van der Waals surface area (Å²) in [5.74, 6) is -0.292. The van der Waals surface area contributed by atoms with Gasteiger partial charge in [0, 0.05) is 23.5 Å². The Morgan fingerprint density at radius 2 is 1.88 bits per heavy atom. The first-order valence-electron chi connectivity index (χ1n) is 6.90. The molecule has 25 heavy (non-hydrogen) atoms. The van der Waals surface area contributed by atoms with Crippen LogP contribution in [0.5, 0.6) is 0 Å². The molecule has 2 heterocycles. The molecule has 3 aromatic rings. The third-order valence-corrected chi connectivity index (χ3v) is 3.73. The fourth-order valence-corrected chi connectivity index (χ4v) is 2.55. The largest absolute Gasteiger partial charge is 0.416 e. The van der Waals surface area contributed by atoms with Gasteiger partial charge in [-0.15, -0.1) is 11.3 Å². The summed E-state index contributed by atoms with van der Waals surface area (Å²) in [6, 6.07) is 6.04. The molecule has 1 aromatic carbocycles. The lowest BCUT2D eigenvalue weighted by Crippen LogP contribution is -2.13. The molecular formula is C15H10F3N5OS. The minimum atomic E-state index is -4.48. The molecule has 10 heteroatoms. The number of alkyl halides is 3. The molecule has 1 amide bonds. The van der Waals surface area contributed by atoms with Crippen molar-refractivity contribution in [3.8, 4) is 0 Å². The van der Waals surface area contributed by atoms with Gasteiger partial charge >= 0.3 is 6.18 Å². The summed E-state index contributed by atoms with van der Waals surface area (Å²) in [5, 5.41) is 7.09. The Kier molecular flexibility index (Phi) is 4.61. The van der Waals surface area contributed by atoms with Crippen LogP contribution in [0.1, 0.15) is 16.1 Å². The van der Waals surface area contributed by atoms with Gasteiger partial charge in [0.1, 0.15) is 5.69 Å². The predicted molar refractivity (Wildman–Crippen MR) is 86.8 cm³/mol. The highest BCUT2D eigenvalue weighted by Crippen LogP contribution is 2.30. The molecule has 0 aliphatic rings. The van der Waals surface area contributed by atoms with E-state index in [4.69, 9.17) is 0 Å². The molecule has 3 rings (SSSR count). The average Bonchev–Trinajstić information content (AvgIpc) is 3.04. The van der Waals surface area contributed by atoms with E-state index in [-0.39, 0.29) is 11.4 Å². The number of benzene rings is 1. The van der Waals surface area contributed by atoms with Crippen LogP contribution in [0.4, 0.5) is 29.9 Å². The fraction of sp³-hybridized carbons (Fsp3) is 0.0667. The molecule has 0 saturated carbocycles. The topological polar surface area (TPSA) is 79.8 Å². The standard InChI is InChI=1S/C15H10F3N5OS/c16-15(17,18)9-3-1-4-10(7-9)21-12(24)11-8-25-14(22-11)23-13-19-5-2-6-20-13/h1-8H,(H,21,24)(H,19,20,22,23). The number of hydrogen-bond donors (Lipinski definition) is 2. The van der Waals surface area contributed by atoms with Gasteiger partial charge < -0.3 is 10.6 Å². The number of amides is 1. The van der Waals surface area contributed by atoms with Crippen LogP contribution >= 0.6 is 11.3 Å². The highest BCUT2D eigenvalue weighted by atomic mass is 32.1. The monoisotopic (exact) mass is 365 g/mol. The number of nitrogens with zero attached hydrogens (tertiary/aromatic N) is 3. The Labute approximate surface area is 143 Å². The first-order chi connectivity index (χ1) is 11.9. The van der Waals surface area contributed by atoms with Crippen molar-refractivity contribution in [2.75, 3.05) is 10.6 Å². The number of nitrogens with one attached hydrogen (secondary N) is 2. The highest BCUT2D eigenvalue weighted by molar-refractivity contribution is 7.14. The van der Waals surface area contributed by atoms with Crippen molar-refractivity contribution in [3.05, 3.63) is 59.4 Å². The van der Waals surface area contributed by atoms with Crippen molar-refractivity contribution in [1.29, 1.82) is 0 Å². The third kappa shape index (κ3) is 4.29. The summed E-state index contributed by atoms with van der Waals surface area (Å²) in [6.45, 7) is 0. The second-order valence-corrected chi connectivity index (χ2v) is 5.63. The van der Waals surface area contributed by atoms with Gasteiger partial charge in [0.15, 0.2) is 5.13 Å². The maximum atomic E-state index is 12.7. The second-order valence-electron chi connectivity index (χ2n) is 4.77. The minimum Gasteiger partial charge on any atom is -0.321 e. The minimum absolute atomic E-state index is 0.0359. The van der Waals surface area contributed by atoms with E-state index < -0.39 is 17.6 Å². The Hall–Kier alpha value is -3.01. The van der Waals surface area contributed by atoms with E-state index in [1.165, 1.54) is 17.5 Å². The lowest BCUT2D eigenvalue weighted by molar-refractivity contribution is -0.137. The molecule has 2 N–H and O–H groups in total. The first-order valence-corrected chi connectivity index (χ1v) is 7.78. The zero-order valence-electron chi connectivity index (χ0n) is 12.4. The number of aromatic nitrogens is 3. The van der Waals surface area contributed by atoms with E-state index in [9.17, 15) is 18.0 Å². The van der Waals surface area contributed by atoms with Crippen LogP contribution < -0.4 is 10.6 Å². The third-order valence-electron chi connectivity index (χ3n) is 2.97. The van der Waals surface area contributed by atoms with Crippen molar-refractivity contribution in [2.45, 2.75) is 6.18 Å². The van der Waals surface area contributed by atoms with Crippen LogP contribution in [-0.4, -0.2) is 20.9 Å². The normalized spacial score (nSPS) is 11.2. The summed E-state index contributed by atoms with van der Waals surface area (Å²) in [5.41, 5.74) is -0.735. The lowest BCUT2D eigenvalue weighted by atomic mass is 10.2. The number of halogens is 3. The summed E-state index contributed by atoms with van der Waals surface area (Å²) in [7, 11) is 0. The highest BCUT2D eigenvalue weighted by Gasteiger charge is 2.30. The number of carbonyl (C=O) groups excluding carboxylic acids is 1.